The highest BCUT2D eigenvalue weighted by molar-refractivity contribution is 6.06. The number of anilines is 1. The lowest BCUT2D eigenvalue weighted by Crippen LogP contribution is -2.36. The average molecular weight is 609 g/mol. The van der Waals surface area contributed by atoms with Gasteiger partial charge >= 0.3 is 0 Å². The van der Waals surface area contributed by atoms with E-state index in [4.69, 9.17) is 14.2 Å². The van der Waals surface area contributed by atoms with Gasteiger partial charge in [0, 0.05) is 35.3 Å². The van der Waals surface area contributed by atoms with Crippen LogP contribution in [0.2, 0.25) is 0 Å². The number of fused-ring (bicyclic) bond motifs is 2. The van der Waals surface area contributed by atoms with E-state index in [1.807, 2.05) is 0 Å². The number of ether oxygens (including phenoxy) is 3. The number of Topliss-reactive ketones (excluding diaryl/α,β-unsaturated/α-hetero) is 1. The van der Waals surface area contributed by atoms with Crippen molar-refractivity contribution in [3.05, 3.63) is 112 Å². The molecule has 3 aromatic heterocycles. The number of benzene rings is 2. The maximum absolute atomic E-state index is 13.8. The number of nitrogens with one attached hydrogen (secondary N) is 1. The molecule has 0 bridgehead atoms. The molecule has 0 fully saturated rings. The lowest BCUT2D eigenvalue weighted by Gasteiger charge is -2.26. The number of pyridine rings is 3. The van der Waals surface area contributed by atoms with E-state index in [0.29, 0.717) is 70.0 Å². The molecule has 1 atom stereocenters. The molecule has 6 rings (SSSR count). The molecule has 45 heavy (non-hydrogen) atoms. The fourth-order valence-electron chi connectivity index (χ4n) is 5.54. The van der Waals surface area contributed by atoms with Gasteiger partial charge in [-0.05, 0) is 67.8 Å². The minimum Gasteiger partial charge on any atom is -0.493 e. The van der Waals surface area contributed by atoms with Crippen molar-refractivity contribution in [3.63, 3.8) is 0 Å². The van der Waals surface area contributed by atoms with Crippen LogP contribution in [0.1, 0.15) is 57.8 Å². The summed E-state index contributed by atoms with van der Waals surface area (Å²) in [6.07, 6.45) is 4.49. The molecule has 228 valence electrons. The molecule has 1 N–H and O–H groups in total. The average Bonchev–Trinajstić information content (AvgIpc) is 3.05. The molecule has 11 heteroatoms. The van der Waals surface area contributed by atoms with Crippen LogP contribution in [0, 0.1) is 5.82 Å². The Kier molecular flexibility index (Phi) is 7.99. The summed E-state index contributed by atoms with van der Waals surface area (Å²) in [6.45, 7) is 1.79. The van der Waals surface area contributed by atoms with E-state index < -0.39 is 23.3 Å². The first kappa shape index (κ1) is 29.5. The monoisotopic (exact) mass is 608 g/mol. The minimum absolute atomic E-state index is 0.135. The summed E-state index contributed by atoms with van der Waals surface area (Å²) in [5.41, 5.74) is 1.50. The van der Waals surface area contributed by atoms with Crippen molar-refractivity contribution < 1.29 is 28.2 Å². The number of methoxy groups -OCH3 is 2. The highest BCUT2D eigenvalue weighted by Gasteiger charge is 2.28. The quantitative estimate of drug-likeness (QED) is 0.224. The summed E-state index contributed by atoms with van der Waals surface area (Å²) in [7, 11) is 3.09. The van der Waals surface area contributed by atoms with Crippen molar-refractivity contribution in [2.75, 3.05) is 19.5 Å². The van der Waals surface area contributed by atoms with E-state index in [1.54, 1.807) is 69.8 Å². The Morgan fingerprint density at radius 2 is 1.69 bits per heavy atom. The number of hydrogen-bond acceptors (Lipinski definition) is 8. The van der Waals surface area contributed by atoms with Gasteiger partial charge < -0.3 is 24.1 Å². The zero-order chi connectivity index (χ0) is 31.7. The highest BCUT2D eigenvalue weighted by Crippen LogP contribution is 2.37. The third kappa shape index (κ3) is 5.72. The second kappa shape index (κ2) is 12.2. The van der Waals surface area contributed by atoms with Crippen molar-refractivity contribution in [1.82, 2.24) is 14.5 Å². The van der Waals surface area contributed by atoms with Gasteiger partial charge in [0.1, 0.15) is 28.7 Å². The highest BCUT2D eigenvalue weighted by atomic mass is 19.1. The Morgan fingerprint density at radius 1 is 0.933 bits per heavy atom. The number of halogens is 1. The fraction of sp³-hybridized carbons (Fsp3) is 0.206. The zero-order valence-electron chi connectivity index (χ0n) is 24.8. The second-order valence-electron chi connectivity index (χ2n) is 10.6. The van der Waals surface area contributed by atoms with E-state index in [-0.39, 0.29) is 17.2 Å². The Balaban J connectivity index is 1.27. The summed E-state index contributed by atoms with van der Waals surface area (Å²) < 4.78 is 31.9. The Hall–Kier alpha value is -5.58. The number of nitrogens with zero attached hydrogens (tertiary/aromatic N) is 3. The lowest BCUT2D eigenvalue weighted by molar-refractivity contribution is 0.0970. The third-order valence-corrected chi connectivity index (χ3v) is 7.85. The molecule has 1 aliphatic rings. The second-order valence-corrected chi connectivity index (χ2v) is 10.6. The largest absolute Gasteiger partial charge is 0.493 e. The molecular formula is C34H29FN4O6. The van der Waals surface area contributed by atoms with Crippen LogP contribution in [-0.4, -0.2) is 40.4 Å². The van der Waals surface area contributed by atoms with Gasteiger partial charge in [-0.3, -0.25) is 19.4 Å². The molecule has 0 saturated carbocycles. The summed E-state index contributed by atoms with van der Waals surface area (Å²) in [5, 5.41) is 3.36. The smallest absolute Gasteiger partial charge is 0.264 e. The molecule has 3 heterocycles. The van der Waals surface area contributed by atoms with Gasteiger partial charge in [0.25, 0.3) is 11.5 Å². The normalized spacial score (nSPS) is 13.2. The first-order chi connectivity index (χ1) is 21.8. The standard InChI is InChI=1S/C34H29FN4O6/c1-19(20-7-9-21(35)10-8-20)39-27-5-4-6-28(40)24(27)15-25(34(39)42)33(41)38-32-12-11-22(18-37-32)45-29-13-14-36-26-17-31(44-3)30(43-2)16-23(26)29/h7-19H,4-6H2,1-3H3,(H,37,38,41)/t19-/m1/s1. The van der Waals surface area contributed by atoms with Crippen LogP contribution in [0.4, 0.5) is 10.2 Å². The van der Waals surface area contributed by atoms with E-state index >= 15 is 0 Å². The first-order valence-electron chi connectivity index (χ1n) is 14.3. The van der Waals surface area contributed by atoms with Crippen molar-refractivity contribution in [2.45, 2.75) is 32.2 Å². The van der Waals surface area contributed by atoms with Gasteiger partial charge in [-0.2, -0.15) is 0 Å². The molecule has 5 aromatic rings. The zero-order valence-corrected chi connectivity index (χ0v) is 24.8. The molecule has 1 amide bonds. The van der Waals surface area contributed by atoms with Gasteiger partial charge in [-0.1, -0.05) is 12.1 Å². The molecule has 2 aromatic carbocycles. The van der Waals surface area contributed by atoms with Crippen LogP contribution in [0.3, 0.4) is 0 Å². The van der Waals surface area contributed by atoms with E-state index in [2.05, 4.69) is 15.3 Å². The van der Waals surface area contributed by atoms with E-state index in [9.17, 15) is 18.8 Å². The third-order valence-electron chi connectivity index (χ3n) is 7.85. The summed E-state index contributed by atoms with van der Waals surface area (Å²) in [4.78, 5) is 48.8. The molecule has 1 aliphatic carbocycles. The number of ketones is 1. The van der Waals surface area contributed by atoms with E-state index in [0.717, 1.165) is 0 Å². The maximum atomic E-state index is 13.8. The summed E-state index contributed by atoms with van der Waals surface area (Å²) in [6, 6.07) is 15.0. The first-order valence-corrected chi connectivity index (χ1v) is 14.3. The Labute approximate surface area is 257 Å². The van der Waals surface area contributed by atoms with E-state index in [1.165, 1.54) is 29.0 Å². The van der Waals surface area contributed by atoms with Crippen LogP contribution in [0.15, 0.2) is 77.9 Å². The van der Waals surface area contributed by atoms with Gasteiger partial charge in [-0.15, -0.1) is 0 Å². The van der Waals surface area contributed by atoms with Gasteiger partial charge in [0.05, 0.1) is 32.0 Å². The summed E-state index contributed by atoms with van der Waals surface area (Å²) in [5.74, 6) is 0.903. The SMILES string of the molecule is COc1cc2nccc(Oc3ccc(NC(=O)c4cc5c(n([C@H](C)c6ccc(F)cc6)c4=O)CCCC5=O)nc3)c2cc1OC. The molecule has 0 aliphatic heterocycles. The minimum atomic E-state index is -0.705. The molecule has 10 nitrogen and oxygen atoms in total. The molecular weight excluding hydrogens is 579 g/mol. The molecule has 0 radical (unpaired) electrons. The Morgan fingerprint density at radius 3 is 2.40 bits per heavy atom. The van der Waals surface area contributed by atoms with Gasteiger partial charge in [0.15, 0.2) is 17.3 Å². The number of amides is 1. The van der Waals surface area contributed by atoms with Crippen molar-refractivity contribution in [3.8, 4) is 23.0 Å². The maximum Gasteiger partial charge on any atom is 0.264 e. The van der Waals surface area contributed by atoms with Crippen LogP contribution in [-0.2, 0) is 6.42 Å². The van der Waals surface area contributed by atoms with Crippen molar-refractivity contribution >= 4 is 28.4 Å². The van der Waals surface area contributed by atoms with Crippen molar-refractivity contribution in [1.29, 1.82) is 0 Å². The molecule has 0 unspecified atom stereocenters. The number of rotatable bonds is 8. The Bertz CT molecular complexity index is 1990. The predicted molar refractivity (Wildman–Crippen MR) is 165 cm³/mol. The molecule has 0 saturated heterocycles. The van der Waals surface area contributed by atoms with Crippen molar-refractivity contribution in [2.24, 2.45) is 0 Å². The summed E-state index contributed by atoms with van der Waals surface area (Å²) >= 11 is 0. The molecule has 0 spiro atoms. The number of carbonyl (C=O) groups is 2. The van der Waals surface area contributed by atoms with Crippen LogP contribution in [0.25, 0.3) is 10.9 Å². The van der Waals surface area contributed by atoms with Gasteiger partial charge in [-0.25, -0.2) is 9.37 Å². The number of carbonyl (C=O) groups excluding carboxylic acids is 2. The van der Waals surface area contributed by atoms with Crippen LogP contribution < -0.4 is 25.1 Å². The predicted octanol–water partition coefficient (Wildman–Crippen LogP) is 6.12. The lowest BCUT2D eigenvalue weighted by atomic mass is 9.92. The topological polar surface area (TPSA) is 122 Å². The van der Waals surface area contributed by atoms with Gasteiger partial charge in [0.2, 0.25) is 0 Å². The fourth-order valence-corrected chi connectivity index (χ4v) is 5.54. The van der Waals surface area contributed by atoms with Crippen LogP contribution in [0.5, 0.6) is 23.0 Å². The number of hydrogen-bond donors (Lipinski definition) is 1. The number of aromatic nitrogens is 3. The van der Waals surface area contributed by atoms with Crippen LogP contribution >= 0.6 is 0 Å².